The Morgan fingerprint density at radius 2 is 1.87 bits per heavy atom. The highest BCUT2D eigenvalue weighted by atomic mass is 32.2. The van der Waals surface area contributed by atoms with Gasteiger partial charge in [0, 0.05) is 37.2 Å². The van der Waals surface area contributed by atoms with Gasteiger partial charge in [-0.25, -0.2) is 8.42 Å². The third-order valence-electron chi connectivity index (χ3n) is 5.04. The van der Waals surface area contributed by atoms with E-state index in [1.807, 2.05) is 41.3 Å². The summed E-state index contributed by atoms with van der Waals surface area (Å²) in [5, 5.41) is 13.1. The Kier molecular flexibility index (Phi) is 6.72. The van der Waals surface area contributed by atoms with Gasteiger partial charge in [-0.15, -0.1) is 0 Å². The van der Waals surface area contributed by atoms with Crippen molar-refractivity contribution in [3.05, 3.63) is 58.2 Å². The van der Waals surface area contributed by atoms with Gasteiger partial charge in [0.1, 0.15) is 17.4 Å². The molecule has 3 rings (SSSR count). The Hall–Kier alpha value is -2.93. The summed E-state index contributed by atoms with van der Waals surface area (Å²) in [5.41, 5.74) is 1.84. The molecule has 0 aliphatic carbocycles. The fourth-order valence-corrected chi connectivity index (χ4v) is 4.35. The van der Waals surface area contributed by atoms with E-state index in [1.54, 1.807) is 19.9 Å². The summed E-state index contributed by atoms with van der Waals surface area (Å²) >= 11 is 0. The second-order valence-electron chi connectivity index (χ2n) is 7.08. The smallest absolute Gasteiger partial charge is 0.240 e. The molecule has 1 amide bonds. The van der Waals surface area contributed by atoms with E-state index in [0.29, 0.717) is 43.1 Å². The van der Waals surface area contributed by atoms with Crippen LogP contribution in [0.15, 0.2) is 40.2 Å². The van der Waals surface area contributed by atoms with Crippen LogP contribution >= 0.6 is 0 Å². The second-order valence-corrected chi connectivity index (χ2v) is 8.90. The van der Waals surface area contributed by atoms with Crippen LogP contribution in [-0.2, 0) is 14.8 Å². The minimum atomic E-state index is -3.52. The van der Waals surface area contributed by atoms with E-state index in [-0.39, 0.29) is 18.3 Å². The van der Waals surface area contributed by atoms with Crippen LogP contribution in [0.3, 0.4) is 0 Å². The lowest BCUT2D eigenvalue weighted by atomic mass is 10.2. The number of nitriles is 1. The predicted molar refractivity (Wildman–Crippen MR) is 114 cm³/mol. The number of aryl methyl sites for hydroxylation is 1. The van der Waals surface area contributed by atoms with Gasteiger partial charge in [0.05, 0.1) is 6.54 Å². The van der Waals surface area contributed by atoms with Gasteiger partial charge in [0.15, 0.2) is 0 Å². The molecule has 0 atom stereocenters. The average molecular weight is 429 g/mol. The van der Waals surface area contributed by atoms with Crippen LogP contribution in [0.5, 0.6) is 0 Å². The molecule has 0 radical (unpaired) electrons. The molecule has 1 aliphatic heterocycles. The number of furan rings is 1. The second kappa shape index (κ2) is 9.26. The number of carbonyl (C=O) groups excluding carboxylic acids is 1. The van der Waals surface area contributed by atoms with Crippen molar-refractivity contribution in [2.75, 3.05) is 38.0 Å². The first kappa shape index (κ1) is 21.8. The van der Waals surface area contributed by atoms with Crippen molar-refractivity contribution in [1.82, 2.24) is 9.21 Å². The number of nitrogens with one attached hydrogen (secondary N) is 1. The number of rotatable bonds is 6. The fraction of sp³-hybridized carbons (Fsp3) is 0.333. The third kappa shape index (κ3) is 5.16. The zero-order chi connectivity index (χ0) is 21.7. The summed E-state index contributed by atoms with van der Waals surface area (Å²) in [6, 6.07) is 11.3. The van der Waals surface area contributed by atoms with E-state index >= 15 is 0 Å². The summed E-state index contributed by atoms with van der Waals surface area (Å²) in [5.74, 6) is 0.439. The lowest BCUT2D eigenvalue weighted by Gasteiger charge is -2.32. The molecule has 30 heavy (non-hydrogen) atoms. The van der Waals surface area contributed by atoms with Gasteiger partial charge in [-0.3, -0.25) is 15.0 Å². The van der Waals surface area contributed by atoms with E-state index < -0.39 is 10.0 Å². The number of hydrogen-bond donors (Lipinski definition) is 1. The molecule has 2 heterocycles. The van der Waals surface area contributed by atoms with Crippen molar-refractivity contribution in [2.45, 2.75) is 13.8 Å². The summed E-state index contributed by atoms with van der Waals surface area (Å²) in [7, 11) is -3.52. The molecular weight excluding hydrogens is 404 g/mol. The molecular formula is C21H24N4O4S. The molecule has 0 spiro atoms. The summed E-state index contributed by atoms with van der Waals surface area (Å²) in [6.07, 6.45) is 1.58. The van der Waals surface area contributed by atoms with Crippen molar-refractivity contribution < 1.29 is 17.6 Å². The van der Waals surface area contributed by atoms with Gasteiger partial charge < -0.3 is 4.42 Å². The standard InChI is InChI=1S/C21H24N4O4S/c1-16-17(2)29-21(19(16)14-22)23-20(26)15-24-9-11-25(12-10-24)30(27,28)13-8-18-6-4-3-5-7-18/h3-8,13H,9-12,15H2,1-2H3,(H,23,26)/b13-8+. The number of hydrogen-bond acceptors (Lipinski definition) is 6. The van der Waals surface area contributed by atoms with Crippen LogP contribution in [0.1, 0.15) is 22.5 Å². The number of amides is 1. The summed E-state index contributed by atoms with van der Waals surface area (Å²) in [6.45, 7) is 5.07. The number of carbonyl (C=O) groups is 1. The maximum atomic E-state index is 12.5. The predicted octanol–water partition coefficient (Wildman–Crippen LogP) is 2.32. The van der Waals surface area contributed by atoms with Crippen LogP contribution < -0.4 is 5.32 Å². The molecule has 158 valence electrons. The highest BCUT2D eigenvalue weighted by Crippen LogP contribution is 2.25. The zero-order valence-electron chi connectivity index (χ0n) is 17.0. The number of nitrogens with zero attached hydrogens (tertiary/aromatic N) is 3. The first-order valence-electron chi connectivity index (χ1n) is 9.55. The Morgan fingerprint density at radius 1 is 1.20 bits per heavy atom. The van der Waals surface area contributed by atoms with Gasteiger partial charge in [-0.2, -0.15) is 9.57 Å². The molecule has 8 nitrogen and oxygen atoms in total. The molecule has 0 bridgehead atoms. The van der Waals surface area contributed by atoms with Crippen LogP contribution in [0.2, 0.25) is 0 Å². The monoisotopic (exact) mass is 428 g/mol. The minimum absolute atomic E-state index is 0.0946. The van der Waals surface area contributed by atoms with Crippen LogP contribution in [0.4, 0.5) is 5.88 Å². The molecule has 0 unspecified atom stereocenters. The Labute approximate surface area is 176 Å². The molecule has 1 saturated heterocycles. The van der Waals surface area contributed by atoms with Crippen molar-refractivity contribution >= 4 is 27.9 Å². The van der Waals surface area contributed by atoms with Crippen LogP contribution in [-0.4, -0.2) is 56.3 Å². The van der Waals surface area contributed by atoms with Crippen molar-refractivity contribution in [1.29, 1.82) is 5.26 Å². The van der Waals surface area contributed by atoms with Crippen molar-refractivity contribution in [3.63, 3.8) is 0 Å². The van der Waals surface area contributed by atoms with E-state index in [0.717, 1.165) is 5.56 Å². The van der Waals surface area contributed by atoms with E-state index in [2.05, 4.69) is 5.32 Å². The Balaban J connectivity index is 1.53. The molecule has 1 aliphatic rings. The quantitative estimate of drug-likeness (QED) is 0.757. The highest BCUT2D eigenvalue weighted by Gasteiger charge is 2.26. The minimum Gasteiger partial charge on any atom is -0.444 e. The molecule has 9 heteroatoms. The highest BCUT2D eigenvalue weighted by molar-refractivity contribution is 7.92. The van der Waals surface area contributed by atoms with Gasteiger partial charge >= 0.3 is 0 Å². The maximum absolute atomic E-state index is 12.5. The lowest BCUT2D eigenvalue weighted by Crippen LogP contribution is -2.49. The number of piperazine rings is 1. The fourth-order valence-electron chi connectivity index (χ4n) is 3.18. The molecule has 1 fully saturated rings. The first-order chi connectivity index (χ1) is 14.3. The summed E-state index contributed by atoms with van der Waals surface area (Å²) < 4.78 is 31.9. The average Bonchev–Trinajstić information content (AvgIpc) is 3.00. The van der Waals surface area contributed by atoms with Gasteiger partial charge in [0.25, 0.3) is 0 Å². The van der Waals surface area contributed by atoms with Crippen molar-refractivity contribution in [2.24, 2.45) is 0 Å². The molecule has 1 aromatic carbocycles. The maximum Gasteiger partial charge on any atom is 0.240 e. The van der Waals surface area contributed by atoms with Crippen molar-refractivity contribution in [3.8, 4) is 6.07 Å². The third-order valence-corrected chi connectivity index (χ3v) is 6.61. The lowest BCUT2D eigenvalue weighted by molar-refractivity contribution is -0.117. The molecule has 1 N–H and O–H groups in total. The van der Waals surface area contributed by atoms with Crippen LogP contribution in [0, 0.1) is 25.2 Å². The van der Waals surface area contributed by atoms with Gasteiger partial charge in [-0.05, 0) is 25.5 Å². The molecule has 2 aromatic rings. The van der Waals surface area contributed by atoms with E-state index in [9.17, 15) is 18.5 Å². The van der Waals surface area contributed by atoms with E-state index in [4.69, 9.17) is 4.42 Å². The summed E-state index contributed by atoms with van der Waals surface area (Å²) in [4.78, 5) is 14.2. The largest absolute Gasteiger partial charge is 0.444 e. The normalized spacial score (nSPS) is 15.9. The number of benzene rings is 1. The number of anilines is 1. The molecule has 1 aromatic heterocycles. The Morgan fingerprint density at radius 3 is 2.50 bits per heavy atom. The number of sulfonamides is 1. The van der Waals surface area contributed by atoms with Gasteiger partial charge in [0.2, 0.25) is 21.8 Å². The van der Waals surface area contributed by atoms with Crippen LogP contribution in [0.25, 0.3) is 6.08 Å². The molecule has 0 saturated carbocycles. The first-order valence-corrected chi connectivity index (χ1v) is 11.1. The Bertz CT molecular complexity index is 1080. The van der Waals surface area contributed by atoms with Gasteiger partial charge in [-0.1, -0.05) is 30.3 Å². The zero-order valence-corrected chi connectivity index (χ0v) is 17.8. The topological polar surface area (TPSA) is 107 Å². The van der Waals surface area contributed by atoms with E-state index in [1.165, 1.54) is 9.71 Å². The SMILES string of the molecule is Cc1oc(NC(=O)CN2CCN(S(=O)(=O)/C=C/c3ccccc3)CC2)c(C#N)c1C.